The van der Waals surface area contributed by atoms with Gasteiger partial charge in [0.1, 0.15) is 11.5 Å². The zero-order valence-corrected chi connectivity index (χ0v) is 19.7. The molecule has 0 N–H and O–H groups in total. The van der Waals surface area contributed by atoms with E-state index >= 15 is 0 Å². The van der Waals surface area contributed by atoms with Gasteiger partial charge in [-0.15, -0.1) is 21.5 Å². The molecule has 0 radical (unpaired) electrons. The summed E-state index contributed by atoms with van der Waals surface area (Å²) in [7, 11) is 3.27. The van der Waals surface area contributed by atoms with Crippen LogP contribution in [-0.2, 0) is 6.42 Å². The van der Waals surface area contributed by atoms with Crippen molar-refractivity contribution in [2.24, 2.45) is 0 Å². The summed E-state index contributed by atoms with van der Waals surface area (Å²) in [4.78, 5) is 14.7. The molecule has 0 spiro atoms. The van der Waals surface area contributed by atoms with E-state index in [0.717, 1.165) is 28.3 Å². The number of aromatic nitrogens is 3. The molecule has 0 aliphatic heterocycles. The van der Waals surface area contributed by atoms with E-state index in [9.17, 15) is 4.79 Å². The number of ketones is 1. The van der Waals surface area contributed by atoms with Gasteiger partial charge in [-0.1, -0.05) is 30.8 Å². The summed E-state index contributed by atoms with van der Waals surface area (Å²) < 4.78 is 12.8. The predicted octanol–water partition coefficient (Wildman–Crippen LogP) is 5.55. The minimum absolute atomic E-state index is 0.0859. The maximum atomic E-state index is 12.8. The molecule has 0 saturated carbocycles. The summed E-state index contributed by atoms with van der Waals surface area (Å²) in [5, 5.41) is 9.50. The van der Waals surface area contributed by atoms with Gasteiger partial charge in [0.25, 0.3) is 0 Å². The van der Waals surface area contributed by atoms with Crippen LogP contribution < -0.4 is 9.47 Å². The molecule has 6 nitrogen and oxygen atoms in total. The second kappa shape index (κ2) is 10.0. The standard InChI is InChI=1S/C24H23N3O3S2/c1-4-18-13-14-22(32-18)20(28)15-31-24-26-25-23(19-7-5-6-8-21(19)30-3)27(24)16-9-11-17(29-2)12-10-16/h5-14H,4,15H2,1-3H3. The van der Waals surface area contributed by atoms with E-state index in [0.29, 0.717) is 16.7 Å². The maximum Gasteiger partial charge on any atom is 0.196 e. The molecule has 4 rings (SSSR count). The molecule has 0 unspecified atom stereocenters. The van der Waals surface area contributed by atoms with Crippen LogP contribution in [0.4, 0.5) is 0 Å². The number of ether oxygens (including phenoxy) is 2. The van der Waals surface area contributed by atoms with E-state index in [1.165, 1.54) is 16.6 Å². The van der Waals surface area contributed by atoms with Crippen molar-refractivity contribution in [2.75, 3.05) is 20.0 Å². The Labute approximate surface area is 195 Å². The molecule has 8 heteroatoms. The third-order valence-corrected chi connectivity index (χ3v) is 7.13. The fourth-order valence-corrected chi connectivity index (χ4v) is 5.06. The first-order valence-electron chi connectivity index (χ1n) is 10.1. The largest absolute Gasteiger partial charge is 0.497 e. The van der Waals surface area contributed by atoms with Crippen molar-refractivity contribution >= 4 is 28.9 Å². The smallest absolute Gasteiger partial charge is 0.196 e. The molecule has 2 aromatic carbocycles. The van der Waals surface area contributed by atoms with E-state index in [2.05, 4.69) is 17.1 Å². The third kappa shape index (κ3) is 4.56. The van der Waals surface area contributed by atoms with Crippen molar-refractivity contribution in [3.63, 3.8) is 0 Å². The fraction of sp³-hybridized carbons (Fsp3) is 0.208. The van der Waals surface area contributed by atoms with Crippen molar-refractivity contribution in [3.05, 3.63) is 70.4 Å². The molecule has 2 aromatic heterocycles. The minimum atomic E-state index is 0.0859. The van der Waals surface area contributed by atoms with Gasteiger partial charge in [0.05, 0.1) is 36.1 Å². The van der Waals surface area contributed by atoms with Gasteiger partial charge in [0.15, 0.2) is 16.8 Å². The molecule has 0 amide bonds. The van der Waals surface area contributed by atoms with Crippen LogP contribution in [0.1, 0.15) is 21.5 Å². The highest BCUT2D eigenvalue weighted by Crippen LogP contribution is 2.34. The lowest BCUT2D eigenvalue weighted by atomic mass is 10.2. The first-order chi connectivity index (χ1) is 15.6. The number of thiophene rings is 1. The lowest BCUT2D eigenvalue weighted by Gasteiger charge is -2.12. The van der Waals surface area contributed by atoms with Crippen LogP contribution in [0.15, 0.2) is 65.8 Å². The quantitative estimate of drug-likeness (QED) is 0.238. The second-order valence-corrected chi connectivity index (χ2v) is 8.98. The summed E-state index contributed by atoms with van der Waals surface area (Å²) in [6.45, 7) is 2.09. The number of para-hydroxylation sites is 1. The van der Waals surface area contributed by atoms with Gasteiger partial charge in [-0.2, -0.15) is 0 Å². The predicted molar refractivity (Wildman–Crippen MR) is 129 cm³/mol. The normalized spacial score (nSPS) is 10.8. The Morgan fingerprint density at radius 3 is 2.47 bits per heavy atom. The molecule has 0 bridgehead atoms. The molecular formula is C24H23N3O3S2. The number of hydrogen-bond donors (Lipinski definition) is 0. The van der Waals surface area contributed by atoms with Gasteiger partial charge in [-0.05, 0) is 55.0 Å². The number of nitrogens with zero attached hydrogens (tertiary/aromatic N) is 3. The van der Waals surface area contributed by atoms with E-state index in [4.69, 9.17) is 9.47 Å². The highest BCUT2D eigenvalue weighted by molar-refractivity contribution is 7.99. The maximum absolute atomic E-state index is 12.8. The van der Waals surface area contributed by atoms with Crippen LogP contribution >= 0.6 is 23.1 Å². The van der Waals surface area contributed by atoms with Crippen molar-refractivity contribution in [1.29, 1.82) is 0 Å². The van der Waals surface area contributed by atoms with Crippen molar-refractivity contribution < 1.29 is 14.3 Å². The molecule has 0 aliphatic rings. The summed E-state index contributed by atoms with van der Waals surface area (Å²) in [6.07, 6.45) is 0.930. The van der Waals surface area contributed by atoms with Gasteiger partial charge >= 0.3 is 0 Å². The van der Waals surface area contributed by atoms with Crippen LogP contribution in [-0.4, -0.2) is 40.5 Å². The Kier molecular flexibility index (Phi) is 6.92. The SMILES string of the molecule is CCc1ccc(C(=O)CSc2nnc(-c3ccccc3OC)n2-c2ccc(OC)cc2)s1. The van der Waals surface area contributed by atoms with Crippen molar-refractivity contribution in [2.45, 2.75) is 18.5 Å². The second-order valence-electron chi connectivity index (χ2n) is 6.87. The highest BCUT2D eigenvalue weighted by Gasteiger charge is 2.20. The van der Waals surface area contributed by atoms with Crippen molar-refractivity contribution in [1.82, 2.24) is 14.8 Å². The lowest BCUT2D eigenvalue weighted by molar-refractivity contribution is 0.102. The average molecular weight is 466 g/mol. The Hall–Kier alpha value is -3.10. The minimum Gasteiger partial charge on any atom is -0.497 e. The van der Waals surface area contributed by atoms with Crippen LogP contribution in [0.5, 0.6) is 11.5 Å². The molecule has 4 aromatic rings. The molecule has 0 saturated heterocycles. The van der Waals surface area contributed by atoms with E-state index in [1.54, 1.807) is 25.6 Å². The van der Waals surface area contributed by atoms with E-state index in [1.807, 2.05) is 65.2 Å². The van der Waals surface area contributed by atoms with Gasteiger partial charge in [-0.25, -0.2) is 0 Å². The Morgan fingerprint density at radius 2 is 1.78 bits per heavy atom. The number of benzene rings is 2. The Bertz CT molecular complexity index is 1220. The molecule has 32 heavy (non-hydrogen) atoms. The molecule has 164 valence electrons. The Balaban J connectivity index is 1.70. The molecular weight excluding hydrogens is 442 g/mol. The van der Waals surface area contributed by atoms with Crippen LogP contribution in [0, 0.1) is 0 Å². The van der Waals surface area contributed by atoms with Gasteiger partial charge in [0.2, 0.25) is 0 Å². The fourth-order valence-electron chi connectivity index (χ4n) is 3.25. The number of thioether (sulfide) groups is 1. The zero-order valence-electron chi connectivity index (χ0n) is 18.1. The number of carbonyl (C=O) groups is 1. The summed E-state index contributed by atoms with van der Waals surface area (Å²) >= 11 is 2.93. The average Bonchev–Trinajstić information content (AvgIpc) is 3.50. The highest BCUT2D eigenvalue weighted by atomic mass is 32.2. The molecule has 0 atom stereocenters. The van der Waals surface area contributed by atoms with Gasteiger partial charge < -0.3 is 9.47 Å². The number of rotatable bonds is 9. The number of Topliss-reactive ketones (excluding diaryl/α,β-unsaturated/α-hetero) is 1. The summed E-state index contributed by atoms with van der Waals surface area (Å²) in [5.41, 5.74) is 1.69. The van der Waals surface area contributed by atoms with Gasteiger partial charge in [0, 0.05) is 4.88 Å². The molecule has 0 aliphatic carbocycles. The van der Waals surface area contributed by atoms with E-state index in [-0.39, 0.29) is 11.5 Å². The third-order valence-electron chi connectivity index (χ3n) is 4.93. The molecule has 0 fully saturated rings. The van der Waals surface area contributed by atoms with Crippen LogP contribution in [0.3, 0.4) is 0 Å². The topological polar surface area (TPSA) is 66.2 Å². The monoisotopic (exact) mass is 465 g/mol. The Morgan fingerprint density at radius 1 is 1.00 bits per heavy atom. The first-order valence-corrected chi connectivity index (χ1v) is 11.9. The summed E-state index contributed by atoms with van der Waals surface area (Å²) in [6, 6.07) is 19.3. The van der Waals surface area contributed by atoms with Crippen LogP contribution in [0.25, 0.3) is 17.1 Å². The number of aryl methyl sites for hydroxylation is 1. The molecule has 2 heterocycles. The number of carbonyl (C=O) groups excluding carboxylic acids is 1. The first kappa shape index (κ1) is 22.1. The van der Waals surface area contributed by atoms with Gasteiger partial charge in [-0.3, -0.25) is 9.36 Å². The summed E-state index contributed by atoms with van der Waals surface area (Å²) in [5.74, 6) is 2.47. The lowest BCUT2D eigenvalue weighted by Crippen LogP contribution is -2.04. The zero-order chi connectivity index (χ0) is 22.5. The van der Waals surface area contributed by atoms with Crippen molar-refractivity contribution in [3.8, 4) is 28.6 Å². The number of hydrogen-bond acceptors (Lipinski definition) is 7. The van der Waals surface area contributed by atoms with Crippen LogP contribution in [0.2, 0.25) is 0 Å². The number of methoxy groups -OCH3 is 2. The van der Waals surface area contributed by atoms with E-state index < -0.39 is 0 Å².